The molecule has 3 aromatic carbocycles. The molecule has 0 bridgehead atoms. The maximum atomic E-state index is 13.0. The van der Waals surface area contributed by atoms with Crippen molar-refractivity contribution in [1.82, 2.24) is 0 Å². The van der Waals surface area contributed by atoms with E-state index in [-0.39, 0.29) is 28.0 Å². The Morgan fingerprint density at radius 3 is 2.19 bits per heavy atom. The number of benzene rings is 3. The van der Waals surface area contributed by atoms with Crippen LogP contribution >= 0.6 is 0 Å². The molecule has 0 saturated heterocycles. The molecule has 154 valence electrons. The van der Waals surface area contributed by atoms with E-state index in [1.54, 1.807) is 48.5 Å². The topological polar surface area (TPSA) is 98.8 Å². The Balaban J connectivity index is 1.53. The van der Waals surface area contributed by atoms with E-state index in [1.165, 1.54) is 25.3 Å². The normalized spacial score (nSPS) is 11.9. The Kier molecular flexibility index (Phi) is 5.32. The molecule has 0 saturated carbocycles. The van der Waals surface area contributed by atoms with Gasteiger partial charge in [0.05, 0.1) is 18.4 Å². The molecule has 31 heavy (non-hydrogen) atoms. The Morgan fingerprint density at radius 2 is 1.45 bits per heavy atom. The van der Waals surface area contributed by atoms with E-state index in [0.717, 1.165) is 0 Å². The van der Waals surface area contributed by atoms with Gasteiger partial charge in [0.2, 0.25) is 0 Å². The predicted octanol–water partition coefficient (Wildman–Crippen LogP) is 3.27. The molecule has 0 heterocycles. The number of methoxy groups -OCH3 is 1. The van der Waals surface area contributed by atoms with Crippen LogP contribution in [0.15, 0.2) is 66.7 Å². The molecule has 1 amide bonds. The fourth-order valence-electron chi connectivity index (χ4n) is 3.46. The molecular weight excluding hydrogens is 398 g/mol. The summed E-state index contributed by atoms with van der Waals surface area (Å²) >= 11 is 0. The average Bonchev–Trinajstić information content (AvgIpc) is 2.81. The number of ether oxygens (including phenoxy) is 2. The van der Waals surface area contributed by atoms with Crippen molar-refractivity contribution in [2.45, 2.75) is 0 Å². The van der Waals surface area contributed by atoms with Crippen LogP contribution in [0.1, 0.15) is 42.2 Å². The monoisotopic (exact) mass is 415 g/mol. The molecule has 0 aliphatic heterocycles. The van der Waals surface area contributed by atoms with Gasteiger partial charge in [0.25, 0.3) is 5.91 Å². The molecule has 0 fully saturated rings. The summed E-state index contributed by atoms with van der Waals surface area (Å²) < 4.78 is 10.3. The lowest BCUT2D eigenvalue weighted by molar-refractivity contribution is -0.119. The number of ketones is 2. The van der Waals surface area contributed by atoms with Gasteiger partial charge in [0, 0.05) is 22.3 Å². The van der Waals surface area contributed by atoms with Crippen LogP contribution in [-0.2, 0) is 9.53 Å². The average molecular weight is 415 g/mol. The van der Waals surface area contributed by atoms with Crippen molar-refractivity contribution < 1.29 is 28.7 Å². The van der Waals surface area contributed by atoms with Crippen LogP contribution in [0.4, 0.5) is 5.69 Å². The van der Waals surface area contributed by atoms with E-state index in [4.69, 9.17) is 9.47 Å². The summed E-state index contributed by atoms with van der Waals surface area (Å²) in [5, 5.41) is 2.60. The van der Waals surface area contributed by atoms with Crippen molar-refractivity contribution in [1.29, 1.82) is 0 Å². The first-order valence-electron chi connectivity index (χ1n) is 9.42. The van der Waals surface area contributed by atoms with Gasteiger partial charge in [0.1, 0.15) is 5.75 Å². The van der Waals surface area contributed by atoms with Crippen LogP contribution in [0.25, 0.3) is 0 Å². The number of rotatable bonds is 5. The smallest absolute Gasteiger partial charge is 0.339 e. The molecular formula is C24H17NO6. The Bertz CT molecular complexity index is 1230. The summed E-state index contributed by atoms with van der Waals surface area (Å²) in [6, 6.07) is 17.6. The third kappa shape index (κ3) is 3.69. The maximum Gasteiger partial charge on any atom is 0.339 e. The number of amides is 1. The second-order valence-electron chi connectivity index (χ2n) is 6.76. The molecule has 1 N–H and O–H groups in total. The van der Waals surface area contributed by atoms with Crippen molar-refractivity contribution in [3.05, 3.63) is 94.5 Å². The molecule has 0 atom stereocenters. The quantitative estimate of drug-likeness (QED) is 0.503. The van der Waals surface area contributed by atoms with Crippen LogP contribution in [0.3, 0.4) is 0 Å². The lowest BCUT2D eigenvalue weighted by atomic mass is 9.82. The minimum Gasteiger partial charge on any atom is -0.495 e. The molecule has 0 unspecified atom stereocenters. The number of esters is 1. The van der Waals surface area contributed by atoms with Crippen molar-refractivity contribution in [3.63, 3.8) is 0 Å². The van der Waals surface area contributed by atoms with Crippen LogP contribution < -0.4 is 10.1 Å². The van der Waals surface area contributed by atoms with E-state index in [0.29, 0.717) is 17.0 Å². The van der Waals surface area contributed by atoms with E-state index in [9.17, 15) is 19.2 Å². The summed E-state index contributed by atoms with van der Waals surface area (Å²) in [5.41, 5.74) is 1.02. The number of hydrogen-bond acceptors (Lipinski definition) is 6. The van der Waals surface area contributed by atoms with Gasteiger partial charge in [-0.3, -0.25) is 14.4 Å². The van der Waals surface area contributed by atoms with Gasteiger partial charge in [-0.05, 0) is 18.2 Å². The fraction of sp³-hybridized carbons (Fsp3) is 0.0833. The highest BCUT2D eigenvalue weighted by Gasteiger charge is 2.33. The lowest BCUT2D eigenvalue weighted by Gasteiger charge is -2.19. The number of hydrogen-bond donors (Lipinski definition) is 1. The van der Waals surface area contributed by atoms with E-state index in [2.05, 4.69) is 5.32 Å². The minimum absolute atomic E-state index is 0.0127. The van der Waals surface area contributed by atoms with Gasteiger partial charge in [-0.2, -0.15) is 0 Å². The Morgan fingerprint density at radius 1 is 0.806 bits per heavy atom. The zero-order valence-corrected chi connectivity index (χ0v) is 16.5. The SMILES string of the molecule is COc1ccccc1NC(=O)COC(=O)c1cccc2c1C(=O)c1ccccc1C2=O. The Hall–Kier alpha value is -4.26. The van der Waals surface area contributed by atoms with Crippen LogP contribution in [-0.4, -0.2) is 37.2 Å². The van der Waals surface area contributed by atoms with E-state index >= 15 is 0 Å². The van der Waals surface area contributed by atoms with Gasteiger partial charge >= 0.3 is 5.97 Å². The molecule has 4 rings (SSSR count). The summed E-state index contributed by atoms with van der Waals surface area (Å²) in [6.07, 6.45) is 0. The highest BCUT2D eigenvalue weighted by atomic mass is 16.5. The number of nitrogens with one attached hydrogen (secondary N) is 1. The second kappa shape index (κ2) is 8.23. The minimum atomic E-state index is -0.868. The van der Waals surface area contributed by atoms with Gasteiger partial charge in [-0.15, -0.1) is 0 Å². The van der Waals surface area contributed by atoms with Gasteiger partial charge in [-0.25, -0.2) is 4.79 Å². The molecule has 1 aliphatic carbocycles. The lowest BCUT2D eigenvalue weighted by Crippen LogP contribution is -2.26. The maximum absolute atomic E-state index is 13.0. The van der Waals surface area contributed by atoms with E-state index < -0.39 is 24.3 Å². The third-order valence-electron chi connectivity index (χ3n) is 4.89. The molecule has 0 spiro atoms. The van der Waals surface area contributed by atoms with Gasteiger partial charge < -0.3 is 14.8 Å². The van der Waals surface area contributed by atoms with Crippen molar-refractivity contribution in [2.24, 2.45) is 0 Å². The number of anilines is 1. The van der Waals surface area contributed by atoms with Crippen LogP contribution in [0.5, 0.6) is 5.75 Å². The second-order valence-corrected chi connectivity index (χ2v) is 6.76. The van der Waals surface area contributed by atoms with E-state index in [1.807, 2.05) is 0 Å². The standard InChI is InChI=1S/C24H17NO6/c1-30-19-12-5-4-11-18(19)25-20(26)13-31-24(29)17-10-6-9-16-21(17)23(28)15-8-3-2-7-14(15)22(16)27/h2-12H,13H2,1H3,(H,25,26). The zero-order valence-electron chi connectivity index (χ0n) is 16.5. The highest BCUT2D eigenvalue weighted by Crippen LogP contribution is 2.30. The summed E-state index contributed by atoms with van der Waals surface area (Å²) in [6.45, 7) is -0.570. The highest BCUT2D eigenvalue weighted by molar-refractivity contribution is 6.30. The van der Waals surface area contributed by atoms with Crippen molar-refractivity contribution >= 4 is 29.1 Å². The molecule has 7 heteroatoms. The number of carbonyl (C=O) groups excluding carboxylic acids is 4. The summed E-state index contributed by atoms with van der Waals surface area (Å²) in [7, 11) is 1.47. The zero-order chi connectivity index (χ0) is 22.0. The van der Waals surface area contributed by atoms with Crippen molar-refractivity contribution in [2.75, 3.05) is 19.0 Å². The van der Waals surface area contributed by atoms with Gasteiger partial charge in [-0.1, -0.05) is 48.5 Å². The number of para-hydroxylation sites is 2. The van der Waals surface area contributed by atoms with Crippen LogP contribution in [0, 0.1) is 0 Å². The fourth-order valence-corrected chi connectivity index (χ4v) is 3.46. The first-order valence-corrected chi connectivity index (χ1v) is 9.42. The predicted molar refractivity (Wildman–Crippen MR) is 112 cm³/mol. The Labute approximate surface area is 177 Å². The molecule has 0 radical (unpaired) electrons. The molecule has 7 nitrogen and oxygen atoms in total. The summed E-state index contributed by atoms with van der Waals surface area (Å²) in [4.78, 5) is 50.6. The largest absolute Gasteiger partial charge is 0.495 e. The van der Waals surface area contributed by atoms with Gasteiger partial charge in [0.15, 0.2) is 18.2 Å². The first-order chi connectivity index (χ1) is 15.0. The third-order valence-corrected chi connectivity index (χ3v) is 4.89. The number of fused-ring (bicyclic) bond motifs is 2. The van der Waals surface area contributed by atoms with Crippen LogP contribution in [0.2, 0.25) is 0 Å². The first kappa shape index (κ1) is 20.0. The molecule has 3 aromatic rings. The number of carbonyl (C=O) groups is 4. The molecule has 0 aromatic heterocycles. The molecule has 1 aliphatic rings. The summed E-state index contributed by atoms with van der Waals surface area (Å²) in [5.74, 6) is -1.75. The van der Waals surface area contributed by atoms with Crippen molar-refractivity contribution in [3.8, 4) is 5.75 Å².